The van der Waals surface area contributed by atoms with Crippen LogP contribution >= 0.6 is 0 Å². The van der Waals surface area contributed by atoms with Gasteiger partial charge >= 0.3 is 0 Å². The Morgan fingerprint density at radius 3 is 2.27 bits per heavy atom. The maximum atomic E-state index is 5.61. The molecule has 0 bridgehead atoms. The van der Waals surface area contributed by atoms with Gasteiger partial charge in [-0.3, -0.25) is 0 Å². The highest BCUT2D eigenvalue weighted by Gasteiger charge is 2.22. The largest absolute Gasteiger partial charge is 0.379 e. The van der Waals surface area contributed by atoms with Crippen LogP contribution in [-0.4, -0.2) is 55.0 Å². The molecule has 0 N–H and O–H groups in total. The maximum absolute atomic E-state index is 5.61. The first-order chi connectivity index (χ1) is 10.3. The second-order valence-corrected chi connectivity index (χ2v) is 12.4. The molecule has 0 aromatic rings. The normalized spacial score (nSPS) is 14.3. The number of hydrogen-bond acceptors (Lipinski definition) is 4. The summed E-state index contributed by atoms with van der Waals surface area (Å²) in [5, 5.41) is 0. The number of ether oxygens (including phenoxy) is 4. The van der Waals surface area contributed by atoms with Crippen LogP contribution in [0.15, 0.2) is 0 Å². The highest BCUT2D eigenvalue weighted by molar-refractivity contribution is 6.76. The van der Waals surface area contributed by atoms with Gasteiger partial charge in [-0.15, -0.1) is 5.92 Å². The van der Waals surface area contributed by atoms with E-state index in [0.717, 1.165) is 19.1 Å². The van der Waals surface area contributed by atoms with Gasteiger partial charge in [0.25, 0.3) is 0 Å². The lowest BCUT2D eigenvalue weighted by Crippen LogP contribution is -2.25. The minimum absolute atomic E-state index is 0.191. The Labute approximate surface area is 137 Å². The molecule has 0 saturated heterocycles. The van der Waals surface area contributed by atoms with Gasteiger partial charge in [-0.05, 0) is 20.3 Å². The fourth-order valence-corrected chi connectivity index (χ4v) is 2.32. The van der Waals surface area contributed by atoms with Crippen molar-refractivity contribution in [1.82, 2.24) is 0 Å². The van der Waals surface area contributed by atoms with E-state index in [1.165, 1.54) is 0 Å². The van der Waals surface area contributed by atoms with Crippen molar-refractivity contribution in [3.63, 3.8) is 0 Å². The van der Waals surface area contributed by atoms with Crippen molar-refractivity contribution in [2.24, 2.45) is 5.41 Å². The minimum atomic E-state index is -1.14. The number of hydrogen-bond donors (Lipinski definition) is 0. The van der Waals surface area contributed by atoms with Gasteiger partial charge in [0, 0.05) is 26.4 Å². The first-order valence-electron chi connectivity index (χ1n) is 8.05. The summed E-state index contributed by atoms with van der Waals surface area (Å²) in [6.07, 6.45) is 0.849. The summed E-state index contributed by atoms with van der Waals surface area (Å²) >= 11 is 0. The Hall–Kier alpha value is -0.383. The van der Waals surface area contributed by atoms with E-state index in [4.69, 9.17) is 18.9 Å². The Kier molecular flexibility index (Phi) is 11.9. The van der Waals surface area contributed by atoms with Gasteiger partial charge < -0.3 is 18.9 Å². The topological polar surface area (TPSA) is 36.9 Å². The molecule has 5 heteroatoms. The van der Waals surface area contributed by atoms with Crippen LogP contribution in [0, 0.1) is 17.3 Å². The fraction of sp³-hybridized carbons (Fsp3) is 0.882. The first kappa shape index (κ1) is 21.6. The molecule has 22 heavy (non-hydrogen) atoms. The summed E-state index contributed by atoms with van der Waals surface area (Å²) < 4.78 is 21.4. The zero-order chi connectivity index (χ0) is 16.9. The molecule has 0 saturated carbocycles. The van der Waals surface area contributed by atoms with Gasteiger partial charge in [0.1, 0.15) is 6.79 Å². The zero-order valence-corrected chi connectivity index (χ0v) is 16.3. The highest BCUT2D eigenvalue weighted by Crippen LogP contribution is 2.21. The SMILES string of the molecule is CCOCCOCC[C@@](C)(C#CC[Si](C)(C)C)COCOC. The molecule has 0 radical (unpaired) electrons. The van der Waals surface area contributed by atoms with Crippen molar-refractivity contribution in [3.8, 4) is 11.8 Å². The summed E-state index contributed by atoms with van der Waals surface area (Å²) in [7, 11) is 0.495. The van der Waals surface area contributed by atoms with Crippen LogP contribution in [-0.2, 0) is 18.9 Å². The lowest BCUT2D eigenvalue weighted by molar-refractivity contribution is -0.0564. The molecule has 0 aromatic carbocycles. The van der Waals surface area contributed by atoms with Gasteiger partial charge in [0.2, 0.25) is 0 Å². The Morgan fingerprint density at radius 1 is 1.00 bits per heavy atom. The van der Waals surface area contributed by atoms with E-state index < -0.39 is 8.07 Å². The van der Waals surface area contributed by atoms with Crippen LogP contribution < -0.4 is 0 Å². The molecule has 4 nitrogen and oxygen atoms in total. The van der Waals surface area contributed by atoms with Gasteiger partial charge in [0.15, 0.2) is 0 Å². The molecule has 0 aliphatic carbocycles. The van der Waals surface area contributed by atoms with Crippen molar-refractivity contribution in [1.29, 1.82) is 0 Å². The van der Waals surface area contributed by atoms with E-state index >= 15 is 0 Å². The van der Waals surface area contributed by atoms with Crippen LogP contribution in [0.3, 0.4) is 0 Å². The summed E-state index contributed by atoms with van der Waals surface area (Å²) in [4.78, 5) is 0. The molecule has 0 spiro atoms. The summed E-state index contributed by atoms with van der Waals surface area (Å²) in [6, 6.07) is 1.01. The second kappa shape index (κ2) is 12.1. The Balaban J connectivity index is 4.33. The molecule has 0 aliphatic rings. The van der Waals surface area contributed by atoms with Gasteiger partial charge in [0.05, 0.1) is 33.3 Å². The second-order valence-electron chi connectivity index (χ2n) is 6.91. The van der Waals surface area contributed by atoms with E-state index in [-0.39, 0.29) is 5.41 Å². The summed E-state index contributed by atoms with van der Waals surface area (Å²) in [5.41, 5.74) is -0.191. The van der Waals surface area contributed by atoms with Crippen LogP contribution in [0.25, 0.3) is 0 Å². The molecule has 0 heterocycles. The zero-order valence-electron chi connectivity index (χ0n) is 15.3. The Bertz CT molecular complexity index is 330. The monoisotopic (exact) mass is 330 g/mol. The number of rotatable bonds is 12. The average Bonchev–Trinajstić information content (AvgIpc) is 2.42. The molecular weight excluding hydrogens is 296 g/mol. The van der Waals surface area contributed by atoms with Gasteiger partial charge in [-0.25, -0.2) is 0 Å². The maximum Gasteiger partial charge on any atom is 0.146 e. The first-order valence-corrected chi connectivity index (χ1v) is 11.8. The molecule has 0 unspecified atom stereocenters. The van der Waals surface area contributed by atoms with Crippen molar-refractivity contribution in [3.05, 3.63) is 0 Å². The Morgan fingerprint density at radius 2 is 1.68 bits per heavy atom. The quantitative estimate of drug-likeness (QED) is 0.238. The van der Waals surface area contributed by atoms with Crippen LogP contribution in [0.1, 0.15) is 20.3 Å². The van der Waals surface area contributed by atoms with E-state index in [1.54, 1.807) is 7.11 Å². The highest BCUT2D eigenvalue weighted by atomic mass is 28.3. The predicted octanol–water partition coefficient (Wildman–Crippen LogP) is 3.40. The third-order valence-electron chi connectivity index (χ3n) is 3.01. The molecule has 0 fully saturated rings. The molecule has 130 valence electrons. The van der Waals surface area contributed by atoms with Gasteiger partial charge in [-0.1, -0.05) is 25.6 Å². The number of methoxy groups -OCH3 is 1. The van der Waals surface area contributed by atoms with Gasteiger partial charge in [-0.2, -0.15) is 0 Å². The van der Waals surface area contributed by atoms with E-state index in [2.05, 4.69) is 38.4 Å². The van der Waals surface area contributed by atoms with Crippen LogP contribution in [0.4, 0.5) is 0 Å². The standard InChI is InChI=1S/C17H34O4Si/c1-7-19-12-13-20-11-10-17(2,15-21-16-18-3)9-8-14-22(4,5)6/h7,10-16H2,1-6H3/t17-/m1/s1. The van der Waals surface area contributed by atoms with E-state index in [1.807, 2.05) is 6.92 Å². The lowest BCUT2D eigenvalue weighted by Gasteiger charge is -2.23. The van der Waals surface area contributed by atoms with E-state index in [9.17, 15) is 0 Å². The summed E-state index contributed by atoms with van der Waals surface area (Å²) in [6.45, 7) is 14.6. The summed E-state index contributed by atoms with van der Waals surface area (Å²) in [5.74, 6) is 6.77. The third-order valence-corrected chi connectivity index (χ3v) is 4.24. The van der Waals surface area contributed by atoms with Crippen LogP contribution in [0.2, 0.25) is 25.7 Å². The van der Waals surface area contributed by atoms with Crippen LogP contribution in [0.5, 0.6) is 0 Å². The predicted molar refractivity (Wildman–Crippen MR) is 93.8 cm³/mol. The van der Waals surface area contributed by atoms with Crippen molar-refractivity contribution >= 4 is 8.07 Å². The smallest absolute Gasteiger partial charge is 0.146 e. The lowest BCUT2D eigenvalue weighted by atomic mass is 9.89. The van der Waals surface area contributed by atoms with Crippen molar-refractivity contribution in [2.45, 2.75) is 46.0 Å². The molecule has 1 atom stereocenters. The van der Waals surface area contributed by atoms with E-state index in [0.29, 0.717) is 33.2 Å². The van der Waals surface area contributed by atoms with Crippen molar-refractivity contribution < 1.29 is 18.9 Å². The molecule has 0 rings (SSSR count). The van der Waals surface area contributed by atoms with Crippen molar-refractivity contribution in [2.75, 3.05) is 46.9 Å². The fourth-order valence-electron chi connectivity index (χ4n) is 1.71. The molecule has 0 amide bonds. The molecule has 0 aromatic heterocycles. The third kappa shape index (κ3) is 13.3. The molecular formula is C17H34O4Si. The minimum Gasteiger partial charge on any atom is -0.379 e. The molecule has 0 aliphatic heterocycles. The average molecular weight is 331 g/mol.